The predicted molar refractivity (Wildman–Crippen MR) is 54.1 cm³/mol. The highest BCUT2D eigenvalue weighted by Gasteiger charge is 2.05. The van der Waals surface area contributed by atoms with E-state index in [0.717, 1.165) is 0 Å². The van der Waals surface area contributed by atoms with Gasteiger partial charge in [0.25, 0.3) is 0 Å². The molecular weight excluding hydrogens is 186 g/mol. The molecule has 0 aliphatic heterocycles. The number of hydrogen-bond donors (Lipinski definition) is 3. The average molecular weight is 199 g/mol. The van der Waals surface area contributed by atoms with Crippen LogP contribution in [0, 0.1) is 0 Å². The van der Waals surface area contributed by atoms with E-state index in [1.165, 1.54) is 4.88 Å². The molecule has 13 heavy (non-hydrogen) atoms. The smallest absolute Gasteiger partial charge is 0.153 e. The number of nitrogens with two attached hydrogens (primary N) is 1. The van der Waals surface area contributed by atoms with E-state index in [2.05, 4.69) is 16.5 Å². The first-order chi connectivity index (χ1) is 6.24. The van der Waals surface area contributed by atoms with Crippen LogP contribution in [-0.4, -0.2) is 17.6 Å². The second-order valence-electron chi connectivity index (χ2n) is 2.71. The lowest BCUT2D eigenvalue weighted by Gasteiger charge is -2.10. The molecule has 0 aliphatic rings. The summed E-state index contributed by atoms with van der Waals surface area (Å²) in [7, 11) is 0. The zero-order chi connectivity index (χ0) is 9.68. The van der Waals surface area contributed by atoms with Gasteiger partial charge in [-0.2, -0.15) is 0 Å². The van der Waals surface area contributed by atoms with Crippen molar-refractivity contribution in [2.45, 2.75) is 13.0 Å². The fourth-order valence-corrected chi connectivity index (χ4v) is 1.69. The predicted octanol–water partition coefficient (Wildman–Crippen LogP) is 1.15. The topological polar surface area (TPSA) is 70.6 Å². The molecule has 0 amide bonds. The van der Waals surface area contributed by atoms with Gasteiger partial charge in [0.15, 0.2) is 5.84 Å². The first-order valence-corrected chi connectivity index (χ1v) is 4.85. The van der Waals surface area contributed by atoms with Gasteiger partial charge in [-0.3, -0.25) is 0 Å². The molecule has 1 atom stereocenters. The Labute approximate surface area is 81.1 Å². The largest absolute Gasteiger partial charge is 0.409 e. The normalized spacial score (nSPS) is 14.4. The Balaban J connectivity index is 2.38. The third-order valence-electron chi connectivity index (χ3n) is 1.69. The highest BCUT2D eigenvalue weighted by molar-refractivity contribution is 7.10. The molecule has 0 aliphatic carbocycles. The van der Waals surface area contributed by atoms with Crippen molar-refractivity contribution in [3.63, 3.8) is 0 Å². The molecule has 1 aromatic rings. The van der Waals surface area contributed by atoms with Crippen molar-refractivity contribution in [1.82, 2.24) is 5.32 Å². The van der Waals surface area contributed by atoms with E-state index in [1.54, 1.807) is 11.3 Å². The third-order valence-corrected chi connectivity index (χ3v) is 2.74. The van der Waals surface area contributed by atoms with Crippen LogP contribution >= 0.6 is 11.3 Å². The minimum absolute atomic E-state index is 0.198. The van der Waals surface area contributed by atoms with Gasteiger partial charge in [-0.05, 0) is 18.4 Å². The lowest BCUT2D eigenvalue weighted by atomic mass is 10.3. The summed E-state index contributed by atoms with van der Waals surface area (Å²) in [5, 5.41) is 16.3. The maximum absolute atomic E-state index is 8.30. The number of hydrogen-bond acceptors (Lipinski definition) is 4. The van der Waals surface area contributed by atoms with Crippen LogP contribution in [-0.2, 0) is 0 Å². The summed E-state index contributed by atoms with van der Waals surface area (Å²) in [5.41, 5.74) is 5.32. The highest BCUT2D eigenvalue weighted by atomic mass is 32.1. The van der Waals surface area contributed by atoms with Gasteiger partial charge in [-0.25, -0.2) is 0 Å². The molecule has 0 aromatic carbocycles. The van der Waals surface area contributed by atoms with Crippen molar-refractivity contribution >= 4 is 17.2 Å². The Bertz CT molecular complexity index is 271. The van der Waals surface area contributed by atoms with Crippen LogP contribution in [0.2, 0.25) is 0 Å². The molecule has 4 nitrogen and oxygen atoms in total. The molecular formula is C8H13N3OS. The fourth-order valence-electron chi connectivity index (χ4n) is 0.931. The van der Waals surface area contributed by atoms with E-state index in [-0.39, 0.29) is 11.9 Å². The number of nitrogens with zero attached hydrogens (tertiary/aromatic N) is 1. The second-order valence-corrected chi connectivity index (χ2v) is 3.69. The van der Waals surface area contributed by atoms with E-state index in [4.69, 9.17) is 10.9 Å². The number of oxime groups is 1. The van der Waals surface area contributed by atoms with Gasteiger partial charge in [0.1, 0.15) is 0 Å². The number of amidine groups is 1. The molecule has 72 valence electrons. The molecule has 0 saturated carbocycles. The first-order valence-electron chi connectivity index (χ1n) is 3.97. The summed E-state index contributed by atoms with van der Waals surface area (Å²) in [6.07, 6.45) is 0. The monoisotopic (exact) mass is 199 g/mol. The van der Waals surface area contributed by atoms with Crippen molar-refractivity contribution in [2.24, 2.45) is 10.9 Å². The molecule has 0 fully saturated rings. The molecule has 5 heteroatoms. The van der Waals surface area contributed by atoms with Crippen LogP contribution in [0.3, 0.4) is 0 Å². The molecule has 1 rings (SSSR count). The fraction of sp³-hybridized carbons (Fsp3) is 0.375. The summed E-state index contributed by atoms with van der Waals surface area (Å²) >= 11 is 1.68. The maximum atomic E-state index is 8.30. The number of thiophene rings is 1. The lowest BCUT2D eigenvalue weighted by molar-refractivity contribution is 0.316. The summed E-state index contributed by atoms with van der Waals surface area (Å²) < 4.78 is 0. The van der Waals surface area contributed by atoms with Crippen molar-refractivity contribution < 1.29 is 5.21 Å². The van der Waals surface area contributed by atoms with Crippen LogP contribution in [0.15, 0.2) is 22.7 Å². The molecule has 0 spiro atoms. The van der Waals surface area contributed by atoms with E-state index >= 15 is 0 Å². The van der Waals surface area contributed by atoms with Crippen molar-refractivity contribution in [1.29, 1.82) is 0 Å². The Morgan fingerprint density at radius 3 is 3.15 bits per heavy atom. The summed E-state index contributed by atoms with van der Waals surface area (Å²) in [5.74, 6) is 0.198. The SMILES string of the molecule is C[C@H](NC/C(N)=N/O)c1cccs1. The highest BCUT2D eigenvalue weighted by Crippen LogP contribution is 2.17. The van der Waals surface area contributed by atoms with E-state index in [0.29, 0.717) is 6.54 Å². The molecule has 4 N–H and O–H groups in total. The quantitative estimate of drug-likeness (QED) is 0.295. The van der Waals surface area contributed by atoms with Crippen LogP contribution in [0.5, 0.6) is 0 Å². The van der Waals surface area contributed by atoms with Gasteiger partial charge in [0, 0.05) is 10.9 Å². The zero-order valence-corrected chi connectivity index (χ0v) is 8.21. The molecule has 0 saturated heterocycles. The minimum atomic E-state index is 0.198. The van der Waals surface area contributed by atoms with Gasteiger partial charge < -0.3 is 16.3 Å². The Morgan fingerprint density at radius 2 is 2.62 bits per heavy atom. The number of nitrogens with one attached hydrogen (secondary N) is 1. The van der Waals surface area contributed by atoms with Crippen LogP contribution in [0.4, 0.5) is 0 Å². The molecule has 0 unspecified atom stereocenters. The van der Waals surface area contributed by atoms with Crippen molar-refractivity contribution in [3.05, 3.63) is 22.4 Å². The van der Waals surface area contributed by atoms with Crippen molar-refractivity contribution in [3.8, 4) is 0 Å². The standard InChI is InChI=1S/C8H13N3OS/c1-6(7-3-2-4-13-7)10-5-8(9)11-12/h2-4,6,10,12H,5H2,1H3,(H2,9,11)/t6-/m0/s1. The van der Waals surface area contributed by atoms with Crippen molar-refractivity contribution in [2.75, 3.05) is 6.54 Å². The molecule has 1 heterocycles. The second kappa shape index (κ2) is 4.84. The summed E-state index contributed by atoms with van der Waals surface area (Å²) in [6.45, 7) is 2.44. The minimum Gasteiger partial charge on any atom is -0.409 e. The first kappa shape index (κ1) is 10.0. The maximum Gasteiger partial charge on any atom is 0.153 e. The van der Waals surface area contributed by atoms with Gasteiger partial charge in [0.05, 0.1) is 6.54 Å². The van der Waals surface area contributed by atoms with E-state index < -0.39 is 0 Å². The van der Waals surface area contributed by atoms with Crippen LogP contribution in [0.25, 0.3) is 0 Å². The lowest BCUT2D eigenvalue weighted by Crippen LogP contribution is -2.30. The molecule has 1 aromatic heterocycles. The van der Waals surface area contributed by atoms with Gasteiger partial charge in [-0.15, -0.1) is 11.3 Å². The zero-order valence-electron chi connectivity index (χ0n) is 7.40. The third kappa shape index (κ3) is 3.04. The van der Waals surface area contributed by atoms with Gasteiger partial charge in [0.2, 0.25) is 0 Å². The van der Waals surface area contributed by atoms with Gasteiger partial charge in [-0.1, -0.05) is 11.2 Å². The average Bonchev–Trinajstić information content (AvgIpc) is 2.66. The van der Waals surface area contributed by atoms with Crippen LogP contribution in [0.1, 0.15) is 17.8 Å². The Hall–Kier alpha value is -1.07. The van der Waals surface area contributed by atoms with E-state index in [1.807, 2.05) is 18.4 Å². The Morgan fingerprint density at radius 1 is 1.85 bits per heavy atom. The van der Waals surface area contributed by atoms with Gasteiger partial charge >= 0.3 is 0 Å². The molecule has 0 radical (unpaired) electrons. The summed E-state index contributed by atoms with van der Waals surface area (Å²) in [4.78, 5) is 1.24. The molecule has 0 bridgehead atoms. The van der Waals surface area contributed by atoms with Crippen LogP contribution < -0.4 is 11.1 Å². The number of rotatable bonds is 4. The Kier molecular flexibility index (Phi) is 3.72. The van der Waals surface area contributed by atoms with E-state index in [9.17, 15) is 0 Å². The summed E-state index contributed by atoms with van der Waals surface area (Å²) in [6, 6.07) is 4.29.